The van der Waals surface area contributed by atoms with Gasteiger partial charge in [0.15, 0.2) is 9.84 Å². The lowest BCUT2D eigenvalue weighted by Crippen LogP contribution is -2.22. The Bertz CT molecular complexity index is 742. The van der Waals surface area contributed by atoms with E-state index in [0.29, 0.717) is 12.2 Å². The van der Waals surface area contributed by atoms with Crippen molar-refractivity contribution in [2.24, 2.45) is 0 Å². The van der Waals surface area contributed by atoms with Gasteiger partial charge in [0, 0.05) is 6.26 Å². The number of unbranched alkanes of at least 4 members (excludes halogenated alkanes) is 2. The fourth-order valence-electron chi connectivity index (χ4n) is 2.71. The number of cyclic esters (lactones) is 1. The molecule has 1 aromatic rings. The summed E-state index contributed by atoms with van der Waals surface area (Å²) in [4.78, 5) is 12.4. The highest BCUT2D eigenvalue weighted by Gasteiger charge is 2.42. The van der Waals surface area contributed by atoms with E-state index in [4.69, 9.17) is 9.47 Å². The molecule has 0 fully saturated rings. The molecular formula is C18H24O5S. The average Bonchev–Trinajstić information content (AvgIpc) is 2.71. The van der Waals surface area contributed by atoms with Crippen molar-refractivity contribution in [3.63, 3.8) is 0 Å². The highest BCUT2D eigenvalue weighted by molar-refractivity contribution is 7.90. The van der Waals surface area contributed by atoms with Gasteiger partial charge in [-0.05, 0) is 38.0 Å². The Morgan fingerprint density at radius 1 is 1.12 bits per heavy atom. The van der Waals surface area contributed by atoms with Crippen LogP contribution in [0.4, 0.5) is 0 Å². The summed E-state index contributed by atoms with van der Waals surface area (Å²) < 4.78 is 34.3. The van der Waals surface area contributed by atoms with Gasteiger partial charge in [-0.15, -0.1) is 0 Å². The van der Waals surface area contributed by atoms with Crippen molar-refractivity contribution in [2.75, 3.05) is 12.9 Å². The SMILES string of the molecule is CCCCCOC1=C(c2ccc(S(C)(=O)=O)cc2)C(C)(C)OC1=O. The van der Waals surface area contributed by atoms with E-state index >= 15 is 0 Å². The third kappa shape index (κ3) is 3.98. The van der Waals surface area contributed by atoms with Crippen molar-refractivity contribution in [1.82, 2.24) is 0 Å². The summed E-state index contributed by atoms with van der Waals surface area (Å²) in [6.45, 7) is 6.15. The molecule has 0 amide bonds. The van der Waals surface area contributed by atoms with Gasteiger partial charge < -0.3 is 9.47 Å². The highest BCUT2D eigenvalue weighted by atomic mass is 32.2. The van der Waals surface area contributed by atoms with Crippen LogP contribution in [0.2, 0.25) is 0 Å². The normalized spacial score (nSPS) is 17.1. The number of ether oxygens (including phenoxy) is 2. The maximum absolute atomic E-state index is 12.2. The van der Waals surface area contributed by atoms with Crippen molar-refractivity contribution in [3.05, 3.63) is 35.6 Å². The van der Waals surface area contributed by atoms with Gasteiger partial charge in [0.2, 0.25) is 5.76 Å². The molecule has 2 rings (SSSR count). The minimum atomic E-state index is -3.26. The molecule has 0 radical (unpaired) electrons. The summed E-state index contributed by atoms with van der Waals surface area (Å²) >= 11 is 0. The van der Waals surface area contributed by atoms with Crippen molar-refractivity contribution in [2.45, 2.75) is 50.5 Å². The van der Waals surface area contributed by atoms with Crippen LogP contribution < -0.4 is 0 Å². The van der Waals surface area contributed by atoms with E-state index in [1.807, 2.05) is 0 Å². The molecule has 0 bridgehead atoms. The number of carbonyl (C=O) groups excluding carboxylic acids is 1. The number of sulfone groups is 1. The molecule has 0 spiro atoms. The van der Waals surface area contributed by atoms with Crippen LogP contribution in [0.25, 0.3) is 5.57 Å². The first kappa shape index (κ1) is 18.5. The van der Waals surface area contributed by atoms with E-state index in [9.17, 15) is 13.2 Å². The summed E-state index contributed by atoms with van der Waals surface area (Å²) in [5.74, 6) is -0.248. The Hall–Kier alpha value is -1.82. The molecule has 1 aliphatic rings. The van der Waals surface area contributed by atoms with Gasteiger partial charge in [0.05, 0.1) is 17.1 Å². The predicted octanol–water partition coefficient (Wildman–Crippen LogP) is 3.34. The van der Waals surface area contributed by atoms with Crippen molar-refractivity contribution in [1.29, 1.82) is 0 Å². The standard InChI is InChI=1S/C18H24O5S/c1-5-6-7-12-22-16-15(18(2,3)23-17(16)19)13-8-10-14(11-9-13)24(4,20)21/h8-11H,5-7,12H2,1-4H3. The number of esters is 1. The zero-order valence-corrected chi connectivity index (χ0v) is 15.4. The summed E-state index contributed by atoms with van der Waals surface area (Å²) in [6, 6.07) is 6.44. The quantitative estimate of drug-likeness (QED) is 0.556. The Kier molecular flexibility index (Phi) is 5.38. The second-order valence-electron chi connectivity index (χ2n) is 6.46. The molecule has 24 heavy (non-hydrogen) atoms. The second-order valence-corrected chi connectivity index (χ2v) is 8.47. The van der Waals surface area contributed by atoms with E-state index in [1.165, 1.54) is 12.1 Å². The molecule has 6 heteroatoms. The number of rotatable bonds is 7. The van der Waals surface area contributed by atoms with E-state index in [1.54, 1.807) is 26.0 Å². The van der Waals surface area contributed by atoms with Crippen molar-refractivity contribution < 1.29 is 22.7 Å². The highest BCUT2D eigenvalue weighted by Crippen LogP contribution is 2.40. The third-order valence-electron chi connectivity index (χ3n) is 3.93. The molecule has 1 aliphatic heterocycles. The zero-order chi connectivity index (χ0) is 18.0. The van der Waals surface area contributed by atoms with Crippen molar-refractivity contribution in [3.8, 4) is 0 Å². The van der Waals surface area contributed by atoms with Gasteiger partial charge in [-0.1, -0.05) is 31.9 Å². The molecular weight excluding hydrogens is 328 g/mol. The molecule has 0 aliphatic carbocycles. The van der Waals surface area contributed by atoms with Crippen LogP contribution in [0, 0.1) is 0 Å². The minimum Gasteiger partial charge on any atom is -0.486 e. The molecule has 0 N–H and O–H groups in total. The Balaban J connectivity index is 2.37. The molecule has 1 heterocycles. The summed E-state index contributed by atoms with van der Waals surface area (Å²) in [5, 5.41) is 0. The lowest BCUT2D eigenvalue weighted by atomic mass is 9.92. The first-order valence-electron chi connectivity index (χ1n) is 8.08. The molecule has 0 saturated carbocycles. The van der Waals surface area contributed by atoms with Crippen LogP contribution in [0.3, 0.4) is 0 Å². The smallest absolute Gasteiger partial charge is 0.374 e. The van der Waals surface area contributed by atoms with Crippen molar-refractivity contribution >= 4 is 21.4 Å². The lowest BCUT2D eigenvalue weighted by Gasteiger charge is -2.21. The van der Waals surface area contributed by atoms with E-state index < -0.39 is 21.4 Å². The number of benzene rings is 1. The van der Waals surface area contributed by atoms with Crippen LogP contribution in [0.5, 0.6) is 0 Å². The maximum Gasteiger partial charge on any atom is 0.374 e. The van der Waals surface area contributed by atoms with Gasteiger partial charge in [-0.25, -0.2) is 13.2 Å². The number of hydrogen-bond acceptors (Lipinski definition) is 5. The zero-order valence-electron chi connectivity index (χ0n) is 14.6. The summed E-state index contributed by atoms with van der Waals surface area (Å²) in [5.41, 5.74) is 0.567. The van der Waals surface area contributed by atoms with Gasteiger partial charge in [0.25, 0.3) is 0 Å². The summed E-state index contributed by atoms with van der Waals surface area (Å²) in [7, 11) is -3.26. The van der Waals surface area contributed by atoms with Gasteiger partial charge >= 0.3 is 5.97 Å². The molecule has 0 aromatic heterocycles. The van der Waals surface area contributed by atoms with Gasteiger partial charge in [-0.2, -0.15) is 0 Å². The van der Waals surface area contributed by atoms with Crippen LogP contribution in [-0.2, 0) is 24.1 Å². The first-order chi connectivity index (χ1) is 11.2. The van der Waals surface area contributed by atoms with Gasteiger partial charge in [-0.3, -0.25) is 0 Å². The largest absolute Gasteiger partial charge is 0.486 e. The fraction of sp³-hybridized carbons (Fsp3) is 0.500. The molecule has 0 atom stereocenters. The monoisotopic (exact) mass is 352 g/mol. The molecule has 0 unspecified atom stereocenters. The third-order valence-corrected chi connectivity index (χ3v) is 5.06. The van der Waals surface area contributed by atoms with E-state index in [-0.39, 0.29) is 10.7 Å². The van der Waals surface area contributed by atoms with Crippen LogP contribution >= 0.6 is 0 Å². The minimum absolute atomic E-state index is 0.225. The summed E-state index contributed by atoms with van der Waals surface area (Å²) in [6.07, 6.45) is 4.13. The van der Waals surface area contributed by atoms with Crippen LogP contribution in [0.1, 0.15) is 45.6 Å². The van der Waals surface area contributed by atoms with Gasteiger partial charge in [0.1, 0.15) is 5.60 Å². The lowest BCUT2D eigenvalue weighted by molar-refractivity contribution is -0.147. The Morgan fingerprint density at radius 2 is 1.75 bits per heavy atom. The Labute approximate surface area is 143 Å². The second kappa shape index (κ2) is 6.97. The van der Waals surface area contributed by atoms with E-state index in [2.05, 4.69) is 6.92 Å². The number of hydrogen-bond donors (Lipinski definition) is 0. The molecule has 0 saturated heterocycles. The Morgan fingerprint density at radius 3 is 2.29 bits per heavy atom. The first-order valence-corrected chi connectivity index (χ1v) is 9.97. The fourth-order valence-corrected chi connectivity index (χ4v) is 3.34. The van der Waals surface area contributed by atoms with E-state index in [0.717, 1.165) is 31.1 Å². The van der Waals surface area contributed by atoms with Crippen LogP contribution in [0.15, 0.2) is 34.9 Å². The van der Waals surface area contributed by atoms with Crippen LogP contribution in [-0.4, -0.2) is 32.9 Å². The predicted molar refractivity (Wildman–Crippen MR) is 92.1 cm³/mol. The topological polar surface area (TPSA) is 69.7 Å². The molecule has 5 nitrogen and oxygen atoms in total. The average molecular weight is 352 g/mol. The molecule has 1 aromatic carbocycles. The maximum atomic E-state index is 12.2. The number of carbonyl (C=O) groups is 1. The molecule has 132 valence electrons.